The molecule has 2 atom stereocenters. The second-order valence-electron chi connectivity index (χ2n) is 8.53. The maximum absolute atomic E-state index is 13.2. The number of hydrogen-bond acceptors (Lipinski definition) is 8. The fourth-order valence-corrected chi connectivity index (χ4v) is 4.69. The van der Waals surface area contributed by atoms with E-state index in [1.165, 1.54) is 0 Å². The number of H-pyrrole nitrogens is 1. The van der Waals surface area contributed by atoms with Crippen molar-refractivity contribution in [1.29, 1.82) is 0 Å². The van der Waals surface area contributed by atoms with Gasteiger partial charge < -0.3 is 19.6 Å². The second kappa shape index (κ2) is 8.97. The molecule has 10 heteroatoms. The van der Waals surface area contributed by atoms with Gasteiger partial charge in [-0.05, 0) is 60.4 Å². The maximum atomic E-state index is 13.2. The number of aliphatic hydroxyl groups excluding tert-OH is 1. The van der Waals surface area contributed by atoms with Crippen LogP contribution in [0.25, 0.3) is 10.9 Å². The number of methoxy groups -OCH3 is 1. The van der Waals surface area contributed by atoms with E-state index in [-0.39, 0.29) is 17.8 Å². The number of fused-ring (bicyclic) bond motifs is 1. The van der Waals surface area contributed by atoms with Crippen LogP contribution in [0.15, 0.2) is 29.1 Å². The highest BCUT2D eigenvalue weighted by Gasteiger charge is 2.33. The van der Waals surface area contributed by atoms with E-state index >= 15 is 0 Å². The predicted molar refractivity (Wildman–Crippen MR) is 117 cm³/mol. The van der Waals surface area contributed by atoms with Crippen LogP contribution in [0.1, 0.15) is 43.1 Å². The van der Waals surface area contributed by atoms with E-state index in [1.807, 2.05) is 24.3 Å². The molecule has 5 rings (SSSR count). The molecule has 0 aliphatic carbocycles. The van der Waals surface area contributed by atoms with E-state index < -0.39 is 6.04 Å². The lowest BCUT2D eigenvalue weighted by molar-refractivity contribution is 0.0632. The molecule has 0 bridgehead atoms. The third kappa shape index (κ3) is 4.13. The summed E-state index contributed by atoms with van der Waals surface area (Å²) in [6, 6.07) is 7.04. The number of benzene rings is 1. The van der Waals surface area contributed by atoms with Crippen molar-refractivity contribution in [2.75, 3.05) is 26.8 Å². The quantitative estimate of drug-likeness (QED) is 0.588. The van der Waals surface area contributed by atoms with E-state index in [1.54, 1.807) is 11.8 Å². The van der Waals surface area contributed by atoms with Crippen molar-refractivity contribution in [3.05, 3.63) is 46.0 Å². The first-order chi connectivity index (χ1) is 15.6. The van der Waals surface area contributed by atoms with Gasteiger partial charge >= 0.3 is 0 Å². The third-order valence-electron chi connectivity index (χ3n) is 6.44. The standard InChI is InChI=1S/C22H28N6O4/c1-31-16-4-5-19-14(11-16)12-18(22(30)23-19)20(27-8-6-15(29)7-9-27)21-24-25-26-28(21)13-17-3-2-10-32-17/h4-5,11-12,15,17,20,29H,2-3,6-10,13H2,1H3,(H,23,30)/t17-,20+/m1/s1. The molecule has 0 unspecified atom stereocenters. The molecule has 0 saturated carbocycles. The Morgan fingerprint density at radius 3 is 2.88 bits per heavy atom. The van der Waals surface area contributed by atoms with Crippen LogP contribution < -0.4 is 10.3 Å². The monoisotopic (exact) mass is 440 g/mol. The minimum atomic E-state index is -0.432. The zero-order chi connectivity index (χ0) is 22.1. The molecule has 3 aromatic rings. The molecule has 2 saturated heterocycles. The first kappa shape index (κ1) is 21.0. The normalized spacial score (nSPS) is 21.2. The molecule has 4 heterocycles. The highest BCUT2D eigenvalue weighted by molar-refractivity contribution is 5.80. The number of hydrogen-bond donors (Lipinski definition) is 2. The maximum Gasteiger partial charge on any atom is 0.253 e. The topological polar surface area (TPSA) is 118 Å². The van der Waals surface area contributed by atoms with E-state index in [0.717, 1.165) is 36.1 Å². The van der Waals surface area contributed by atoms with E-state index in [9.17, 15) is 9.90 Å². The number of nitrogens with zero attached hydrogens (tertiary/aromatic N) is 5. The van der Waals surface area contributed by atoms with Gasteiger partial charge in [0.05, 0.1) is 25.9 Å². The van der Waals surface area contributed by atoms with Gasteiger partial charge in [0, 0.05) is 36.2 Å². The van der Waals surface area contributed by atoms with E-state index in [4.69, 9.17) is 9.47 Å². The molecule has 2 fully saturated rings. The van der Waals surface area contributed by atoms with Crippen LogP contribution in [0.5, 0.6) is 5.75 Å². The van der Waals surface area contributed by atoms with Crippen molar-refractivity contribution in [1.82, 2.24) is 30.1 Å². The molecule has 170 valence electrons. The van der Waals surface area contributed by atoms with Crippen LogP contribution in [0.4, 0.5) is 0 Å². The molecule has 32 heavy (non-hydrogen) atoms. The van der Waals surface area contributed by atoms with Crippen molar-refractivity contribution < 1.29 is 14.6 Å². The Hall–Kier alpha value is -2.82. The van der Waals surface area contributed by atoms with Crippen molar-refractivity contribution in [3.8, 4) is 5.75 Å². The summed E-state index contributed by atoms with van der Waals surface area (Å²) in [6.07, 6.45) is 3.03. The zero-order valence-corrected chi connectivity index (χ0v) is 18.1. The largest absolute Gasteiger partial charge is 0.497 e. The van der Waals surface area contributed by atoms with Crippen LogP contribution >= 0.6 is 0 Å². The summed E-state index contributed by atoms with van der Waals surface area (Å²) in [5, 5.41) is 23.4. The number of aliphatic hydroxyl groups is 1. The molecule has 0 amide bonds. The van der Waals surface area contributed by atoms with Gasteiger partial charge in [0.25, 0.3) is 5.56 Å². The van der Waals surface area contributed by atoms with Crippen LogP contribution in [0.2, 0.25) is 0 Å². The summed E-state index contributed by atoms with van der Waals surface area (Å²) < 4.78 is 12.9. The fourth-order valence-electron chi connectivity index (χ4n) is 4.69. The Balaban J connectivity index is 1.59. The number of aromatic nitrogens is 5. The van der Waals surface area contributed by atoms with Gasteiger partial charge in [-0.25, -0.2) is 4.68 Å². The van der Waals surface area contributed by atoms with Gasteiger partial charge in [-0.1, -0.05) is 0 Å². The van der Waals surface area contributed by atoms with Crippen LogP contribution in [0.3, 0.4) is 0 Å². The molecule has 1 aromatic carbocycles. The first-order valence-electron chi connectivity index (χ1n) is 11.1. The molecular weight excluding hydrogens is 412 g/mol. The number of rotatable bonds is 6. The summed E-state index contributed by atoms with van der Waals surface area (Å²) in [4.78, 5) is 18.4. The van der Waals surface area contributed by atoms with E-state index in [0.29, 0.717) is 43.9 Å². The highest BCUT2D eigenvalue weighted by atomic mass is 16.5. The van der Waals surface area contributed by atoms with Crippen LogP contribution in [-0.2, 0) is 11.3 Å². The number of ether oxygens (including phenoxy) is 2. The van der Waals surface area contributed by atoms with Gasteiger partial charge in [0.2, 0.25) is 0 Å². The Morgan fingerprint density at radius 2 is 2.12 bits per heavy atom. The molecule has 2 aromatic heterocycles. The Morgan fingerprint density at radius 1 is 1.28 bits per heavy atom. The van der Waals surface area contributed by atoms with Crippen molar-refractivity contribution in [2.24, 2.45) is 0 Å². The van der Waals surface area contributed by atoms with Gasteiger partial charge in [-0.15, -0.1) is 5.10 Å². The summed E-state index contributed by atoms with van der Waals surface area (Å²) in [5.74, 6) is 1.33. The molecule has 10 nitrogen and oxygen atoms in total. The number of piperidine rings is 1. The second-order valence-corrected chi connectivity index (χ2v) is 8.53. The van der Waals surface area contributed by atoms with Crippen LogP contribution in [-0.4, -0.2) is 74.2 Å². The lowest BCUT2D eigenvalue weighted by Gasteiger charge is -2.35. The first-order valence-corrected chi connectivity index (χ1v) is 11.1. The molecule has 2 N–H and O–H groups in total. The van der Waals surface area contributed by atoms with E-state index in [2.05, 4.69) is 25.4 Å². The smallest absolute Gasteiger partial charge is 0.253 e. The number of pyridine rings is 1. The Labute approximate surface area is 185 Å². The van der Waals surface area contributed by atoms with Gasteiger partial charge in [0.1, 0.15) is 11.8 Å². The lowest BCUT2D eigenvalue weighted by atomic mass is 9.99. The van der Waals surface area contributed by atoms with Crippen LogP contribution in [0, 0.1) is 0 Å². The molecule has 2 aliphatic rings. The Bertz CT molecular complexity index is 1130. The van der Waals surface area contributed by atoms with Gasteiger partial charge in [-0.3, -0.25) is 9.69 Å². The van der Waals surface area contributed by atoms with Gasteiger partial charge in [0.15, 0.2) is 5.82 Å². The SMILES string of the molecule is COc1ccc2[nH]c(=O)c([C@@H](c3nnnn3C[C@H]3CCCO3)N3CCC(O)CC3)cc2c1. The number of likely N-dealkylation sites (tertiary alicyclic amines) is 1. The molecule has 0 radical (unpaired) electrons. The molecule has 0 spiro atoms. The molecule has 2 aliphatic heterocycles. The average Bonchev–Trinajstić information content (AvgIpc) is 3.48. The van der Waals surface area contributed by atoms with Crippen molar-refractivity contribution in [2.45, 2.75) is 50.5 Å². The number of aromatic amines is 1. The number of tetrazole rings is 1. The van der Waals surface area contributed by atoms with Crippen molar-refractivity contribution in [3.63, 3.8) is 0 Å². The summed E-state index contributed by atoms with van der Waals surface area (Å²) in [7, 11) is 1.62. The summed E-state index contributed by atoms with van der Waals surface area (Å²) >= 11 is 0. The zero-order valence-electron chi connectivity index (χ0n) is 18.1. The minimum absolute atomic E-state index is 0.0697. The minimum Gasteiger partial charge on any atom is -0.497 e. The fraction of sp³-hybridized carbons (Fsp3) is 0.545. The Kier molecular flexibility index (Phi) is 5.90. The van der Waals surface area contributed by atoms with Crippen molar-refractivity contribution >= 4 is 10.9 Å². The summed E-state index contributed by atoms with van der Waals surface area (Å²) in [5.41, 5.74) is 1.14. The number of nitrogens with one attached hydrogen (secondary N) is 1. The summed E-state index contributed by atoms with van der Waals surface area (Å²) in [6.45, 7) is 2.60. The highest BCUT2D eigenvalue weighted by Crippen LogP contribution is 2.30. The third-order valence-corrected chi connectivity index (χ3v) is 6.44. The van der Waals surface area contributed by atoms with Gasteiger partial charge in [-0.2, -0.15) is 0 Å². The average molecular weight is 441 g/mol. The molecular formula is C22H28N6O4. The predicted octanol–water partition coefficient (Wildman–Crippen LogP) is 1.25. The lowest BCUT2D eigenvalue weighted by Crippen LogP contribution is -2.42.